The molecule has 32 heavy (non-hydrogen) atoms. The summed E-state index contributed by atoms with van der Waals surface area (Å²) in [4.78, 5) is 44.7. The van der Waals surface area contributed by atoms with Crippen molar-refractivity contribution in [2.45, 2.75) is 12.1 Å². The Morgan fingerprint density at radius 2 is 1.59 bits per heavy atom. The Balaban J connectivity index is 1.61. The molecule has 0 spiro atoms. The van der Waals surface area contributed by atoms with Crippen LogP contribution in [0.25, 0.3) is 0 Å². The molecule has 2 heterocycles. The summed E-state index contributed by atoms with van der Waals surface area (Å²) >= 11 is 6.06. The van der Waals surface area contributed by atoms with E-state index in [0.717, 1.165) is 4.90 Å². The van der Waals surface area contributed by atoms with E-state index >= 15 is 0 Å². The molecule has 3 aromatic rings. The topological polar surface area (TPSA) is 93.0 Å². The fourth-order valence-corrected chi connectivity index (χ4v) is 4.43. The third-order valence-electron chi connectivity index (χ3n) is 5.62. The van der Waals surface area contributed by atoms with Crippen molar-refractivity contribution in [3.63, 3.8) is 0 Å². The number of benzene rings is 3. The number of hydrogen-bond donors (Lipinski definition) is 0. The number of rotatable bonds is 4. The number of amides is 2. The number of nitro groups is 1. The van der Waals surface area contributed by atoms with Gasteiger partial charge < -0.3 is 0 Å². The Morgan fingerprint density at radius 3 is 2.31 bits per heavy atom. The van der Waals surface area contributed by atoms with E-state index in [4.69, 9.17) is 16.4 Å². The molecular formula is C23H16ClN3O5. The highest BCUT2D eigenvalue weighted by Gasteiger charge is 2.60. The summed E-state index contributed by atoms with van der Waals surface area (Å²) in [6.07, 6.45) is -1.06. The van der Waals surface area contributed by atoms with Crippen molar-refractivity contribution in [3.05, 3.63) is 99.6 Å². The zero-order chi connectivity index (χ0) is 22.4. The molecule has 2 saturated heterocycles. The van der Waals surface area contributed by atoms with Crippen LogP contribution in [-0.2, 0) is 14.4 Å². The lowest BCUT2D eigenvalue weighted by Crippen LogP contribution is -2.37. The Morgan fingerprint density at radius 1 is 0.875 bits per heavy atom. The molecule has 160 valence electrons. The van der Waals surface area contributed by atoms with Gasteiger partial charge in [-0.05, 0) is 35.9 Å². The molecule has 2 aliphatic rings. The van der Waals surface area contributed by atoms with Crippen molar-refractivity contribution in [3.8, 4) is 0 Å². The minimum absolute atomic E-state index is 0.109. The molecule has 3 atom stereocenters. The van der Waals surface area contributed by atoms with Gasteiger partial charge in [0.1, 0.15) is 5.92 Å². The molecule has 2 fully saturated rings. The van der Waals surface area contributed by atoms with Gasteiger partial charge in [0.15, 0.2) is 6.10 Å². The van der Waals surface area contributed by atoms with Crippen molar-refractivity contribution in [2.24, 2.45) is 5.92 Å². The number of hydroxylamine groups is 1. The number of fused-ring (bicyclic) bond motifs is 1. The SMILES string of the molecule is O=C1[C@H]2[C@@H](c3cccc([N+](=O)[O-])c3)N(c3ccccc3)O[C@H]2C(=O)N1c1cccc(Cl)c1. The van der Waals surface area contributed by atoms with E-state index in [2.05, 4.69) is 0 Å². The lowest BCUT2D eigenvalue weighted by atomic mass is 9.90. The number of non-ortho nitro benzene ring substituents is 1. The van der Waals surface area contributed by atoms with Crippen molar-refractivity contribution in [1.29, 1.82) is 0 Å². The maximum Gasteiger partial charge on any atom is 0.269 e. The summed E-state index contributed by atoms with van der Waals surface area (Å²) in [5.74, 6) is -1.84. The molecule has 0 bridgehead atoms. The highest BCUT2D eigenvalue weighted by molar-refractivity contribution is 6.31. The predicted octanol–water partition coefficient (Wildman–Crippen LogP) is 4.30. The van der Waals surface area contributed by atoms with Crippen LogP contribution in [0, 0.1) is 16.0 Å². The summed E-state index contributed by atoms with van der Waals surface area (Å²) in [6.45, 7) is 0. The lowest BCUT2D eigenvalue weighted by molar-refractivity contribution is -0.384. The molecule has 2 amide bonds. The lowest BCUT2D eigenvalue weighted by Gasteiger charge is -2.28. The van der Waals surface area contributed by atoms with Crippen molar-refractivity contribution >= 4 is 40.5 Å². The minimum atomic E-state index is -1.06. The number of halogens is 1. The molecule has 3 aromatic carbocycles. The standard InChI is InChI=1S/C23H16ClN3O5/c24-15-7-5-10-17(13-15)25-22(28)19-20(14-6-4-11-18(12-14)27(30)31)26(32-21(19)23(25)29)16-8-2-1-3-9-16/h1-13,19-21H/t19-,20+,21+/m0/s1. The van der Waals surface area contributed by atoms with Crippen LogP contribution in [0.4, 0.5) is 17.1 Å². The van der Waals surface area contributed by atoms with E-state index in [1.807, 2.05) is 6.07 Å². The quantitative estimate of drug-likeness (QED) is 0.335. The van der Waals surface area contributed by atoms with Crippen LogP contribution in [0.15, 0.2) is 78.9 Å². The Labute approximate surface area is 187 Å². The Hall–Kier alpha value is -3.75. The molecule has 0 aliphatic carbocycles. The van der Waals surface area contributed by atoms with Crippen molar-refractivity contribution in [1.82, 2.24) is 0 Å². The normalized spacial score (nSPS) is 22.3. The first-order chi connectivity index (χ1) is 15.5. The second kappa shape index (κ2) is 7.74. The highest BCUT2D eigenvalue weighted by atomic mass is 35.5. The van der Waals surface area contributed by atoms with Crippen molar-refractivity contribution in [2.75, 3.05) is 9.96 Å². The van der Waals surface area contributed by atoms with Gasteiger partial charge in [0, 0.05) is 17.2 Å². The Bertz CT molecular complexity index is 1240. The molecule has 0 aromatic heterocycles. The number of anilines is 2. The summed E-state index contributed by atoms with van der Waals surface area (Å²) in [5, 5.41) is 13.2. The number of nitro benzene ring substituents is 1. The van der Waals surface area contributed by atoms with Crippen LogP contribution in [0.2, 0.25) is 5.02 Å². The van der Waals surface area contributed by atoms with E-state index in [9.17, 15) is 19.7 Å². The molecule has 9 heteroatoms. The third-order valence-corrected chi connectivity index (χ3v) is 5.85. The third kappa shape index (κ3) is 3.21. The van der Waals surface area contributed by atoms with Gasteiger partial charge >= 0.3 is 0 Å². The first-order valence-corrected chi connectivity index (χ1v) is 10.2. The summed E-state index contributed by atoms with van der Waals surface area (Å²) in [6, 6.07) is 20.8. The monoisotopic (exact) mass is 449 g/mol. The van der Waals surface area contributed by atoms with E-state index in [0.29, 0.717) is 22.0 Å². The molecule has 0 saturated carbocycles. The predicted molar refractivity (Wildman–Crippen MR) is 117 cm³/mol. The van der Waals surface area contributed by atoms with Crippen LogP contribution in [0.3, 0.4) is 0 Å². The molecule has 8 nitrogen and oxygen atoms in total. The van der Waals surface area contributed by atoms with Crippen LogP contribution >= 0.6 is 11.6 Å². The first kappa shape index (κ1) is 20.2. The fraction of sp³-hybridized carbons (Fsp3) is 0.130. The molecule has 0 radical (unpaired) electrons. The molecule has 5 rings (SSSR count). The number of carbonyl (C=O) groups is 2. The second-order valence-electron chi connectivity index (χ2n) is 7.50. The van der Waals surface area contributed by atoms with Gasteiger partial charge in [-0.3, -0.25) is 24.5 Å². The second-order valence-corrected chi connectivity index (χ2v) is 7.94. The fourth-order valence-electron chi connectivity index (χ4n) is 4.24. The zero-order valence-corrected chi connectivity index (χ0v) is 17.3. The number of carbonyl (C=O) groups excluding carboxylic acids is 2. The van der Waals surface area contributed by atoms with Gasteiger partial charge in [0.05, 0.1) is 22.3 Å². The average molecular weight is 450 g/mol. The van der Waals surface area contributed by atoms with Gasteiger partial charge in [-0.2, -0.15) is 0 Å². The summed E-state index contributed by atoms with van der Waals surface area (Å²) < 4.78 is 0. The first-order valence-electron chi connectivity index (χ1n) is 9.84. The van der Waals surface area contributed by atoms with E-state index in [-0.39, 0.29) is 5.69 Å². The summed E-state index contributed by atoms with van der Waals surface area (Å²) in [5.41, 5.74) is 1.38. The number of nitrogens with zero attached hydrogens (tertiary/aromatic N) is 3. The minimum Gasteiger partial charge on any atom is -0.273 e. The molecular weight excluding hydrogens is 434 g/mol. The highest BCUT2D eigenvalue weighted by Crippen LogP contribution is 2.48. The van der Waals surface area contributed by atoms with Gasteiger partial charge in [0.25, 0.3) is 11.6 Å². The number of para-hydroxylation sites is 1. The van der Waals surface area contributed by atoms with E-state index < -0.39 is 34.8 Å². The van der Waals surface area contributed by atoms with E-state index in [1.165, 1.54) is 23.3 Å². The average Bonchev–Trinajstić information content (AvgIpc) is 3.30. The molecule has 0 N–H and O–H groups in total. The Kier molecular flexibility index (Phi) is 4.88. The van der Waals surface area contributed by atoms with Crippen LogP contribution in [0.1, 0.15) is 11.6 Å². The van der Waals surface area contributed by atoms with Crippen LogP contribution < -0.4 is 9.96 Å². The maximum atomic E-state index is 13.5. The number of hydrogen-bond acceptors (Lipinski definition) is 6. The van der Waals surface area contributed by atoms with Gasteiger partial charge in [-0.1, -0.05) is 48.0 Å². The summed E-state index contributed by atoms with van der Waals surface area (Å²) in [7, 11) is 0. The van der Waals surface area contributed by atoms with Crippen LogP contribution in [0.5, 0.6) is 0 Å². The largest absolute Gasteiger partial charge is 0.273 e. The van der Waals surface area contributed by atoms with E-state index in [1.54, 1.807) is 54.6 Å². The number of imide groups is 1. The molecule has 2 aliphatic heterocycles. The van der Waals surface area contributed by atoms with Gasteiger partial charge in [-0.15, -0.1) is 0 Å². The molecule has 0 unspecified atom stereocenters. The smallest absolute Gasteiger partial charge is 0.269 e. The van der Waals surface area contributed by atoms with Gasteiger partial charge in [0.2, 0.25) is 5.91 Å². The van der Waals surface area contributed by atoms with Crippen LogP contribution in [-0.4, -0.2) is 22.8 Å². The zero-order valence-electron chi connectivity index (χ0n) is 16.5. The maximum absolute atomic E-state index is 13.5. The van der Waals surface area contributed by atoms with Crippen molar-refractivity contribution < 1.29 is 19.3 Å². The van der Waals surface area contributed by atoms with Gasteiger partial charge in [-0.25, -0.2) is 9.96 Å².